The average molecular weight is 229 g/mol. The van der Waals surface area contributed by atoms with Gasteiger partial charge >= 0.3 is 0 Å². The number of rotatable bonds is 6. The molecule has 0 saturated carbocycles. The van der Waals surface area contributed by atoms with Crippen LogP contribution >= 0.6 is 0 Å². The highest BCUT2D eigenvalue weighted by atomic mass is 16.5. The van der Waals surface area contributed by atoms with Crippen molar-refractivity contribution in [1.82, 2.24) is 9.80 Å². The van der Waals surface area contributed by atoms with Crippen molar-refractivity contribution < 1.29 is 4.74 Å². The molecular formula is C12H27N3O. The molecular weight excluding hydrogens is 202 g/mol. The molecule has 0 aromatic heterocycles. The van der Waals surface area contributed by atoms with Crippen molar-refractivity contribution in [3.8, 4) is 0 Å². The Morgan fingerprint density at radius 2 is 1.81 bits per heavy atom. The Hall–Kier alpha value is -0.160. The molecule has 0 bridgehead atoms. The third-order valence-corrected chi connectivity index (χ3v) is 3.32. The summed E-state index contributed by atoms with van der Waals surface area (Å²) in [4.78, 5) is 5.00. The first-order valence-corrected chi connectivity index (χ1v) is 6.34. The Morgan fingerprint density at radius 1 is 1.19 bits per heavy atom. The van der Waals surface area contributed by atoms with E-state index < -0.39 is 0 Å². The predicted octanol–water partition coefficient (Wildman–Crippen LogP) is 0.376. The van der Waals surface area contributed by atoms with E-state index in [-0.39, 0.29) is 6.04 Å². The third kappa shape index (κ3) is 4.78. The molecule has 0 amide bonds. The molecule has 0 aromatic carbocycles. The Kier molecular flexibility index (Phi) is 6.28. The molecule has 1 saturated heterocycles. The van der Waals surface area contributed by atoms with Gasteiger partial charge in [-0.1, -0.05) is 0 Å². The van der Waals surface area contributed by atoms with Gasteiger partial charge < -0.3 is 10.5 Å². The smallest absolute Gasteiger partial charge is 0.0477 e. The van der Waals surface area contributed by atoms with Crippen LogP contribution in [-0.2, 0) is 4.74 Å². The molecule has 1 atom stereocenters. The second-order valence-electron chi connectivity index (χ2n) is 4.97. The standard InChI is InChI=1S/C12H27N3O/c1-11(2)15-7-5-14(6-8-15)10-12(13)4-9-16-3/h11-12H,4-10,13H2,1-3H3. The van der Waals surface area contributed by atoms with E-state index in [9.17, 15) is 0 Å². The van der Waals surface area contributed by atoms with Crippen LogP contribution in [0.15, 0.2) is 0 Å². The molecule has 1 heterocycles. The number of ether oxygens (including phenoxy) is 1. The summed E-state index contributed by atoms with van der Waals surface area (Å²) < 4.78 is 5.04. The molecule has 16 heavy (non-hydrogen) atoms. The summed E-state index contributed by atoms with van der Waals surface area (Å²) in [6.07, 6.45) is 0.959. The molecule has 0 aromatic rings. The molecule has 1 rings (SSSR count). The Bertz CT molecular complexity index is 179. The summed E-state index contributed by atoms with van der Waals surface area (Å²) >= 11 is 0. The Morgan fingerprint density at radius 3 is 2.31 bits per heavy atom. The van der Waals surface area contributed by atoms with Gasteiger partial charge in [0.05, 0.1) is 0 Å². The van der Waals surface area contributed by atoms with Gasteiger partial charge in [0, 0.05) is 58.5 Å². The normalized spacial score (nSPS) is 21.6. The minimum atomic E-state index is 0.255. The summed E-state index contributed by atoms with van der Waals surface area (Å²) in [6, 6.07) is 0.926. The van der Waals surface area contributed by atoms with Crippen LogP contribution in [0.5, 0.6) is 0 Å². The van der Waals surface area contributed by atoms with E-state index in [2.05, 4.69) is 23.6 Å². The molecule has 0 aliphatic carbocycles. The topological polar surface area (TPSA) is 41.7 Å². The lowest BCUT2D eigenvalue weighted by Crippen LogP contribution is -2.51. The molecule has 2 N–H and O–H groups in total. The summed E-state index contributed by atoms with van der Waals surface area (Å²) in [6.45, 7) is 11.0. The van der Waals surface area contributed by atoms with Gasteiger partial charge in [-0.2, -0.15) is 0 Å². The van der Waals surface area contributed by atoms with Crippen LogP contribution in [0, 0.1) is 0 Å². The predicted molar refractivity (Wildman–Crippen MR) is 67.6 cm³/mol. The van der Waals surface area contributed by atoms with Crippen molar-refractivity contribution in [2.24, 2.45) is 5.73 Å². The second-order valence-corrected chi connectivity index (χ2v) is 4.97. The zero-order chi connectivity index (χ0) is 12.0. The minimum absolute atomic E-state index is 0.255. The number of methoxy groups -OCH3 is 1. The molecule has 0 radical (unpaired) electrons. The highest BCUT2D eigenvalue weighted by Gasteiger charge is 2.19. The van der Waals surface area contributed by atoms with Gasteiger partial charge in [0.2, 0.25) is 0 Å². The lowest BCUT2D eigenvalue weighted by atomic mass is 10.2. The third-order valence-electron chi connectivity index (χ3n) is 3.32. The van der Waals surface area contributed by atoms with E-state index in [4.69, 9.17) is 10.5 Å². The van der Waals surface area contributed by atoms with Crippen LogP contribution in [0.25, 0.3) is 0 Å². The van der Waals surface area contributed by atoms with Gasteiger partial charge in [0.25, 0.3) is 0 Å². The van der Waals surface area contributed by atoms with Gasteiger partial charge in [-0.3, -0.25) is 9.80 Å². The lowest BCUT2D eigenvalue weighted by Gasteiger charge is -2.37. The fraction of sp³-hybridized carbons (Fsp3) is 1.00. The summed E-state index contributed by atoms with van der Waals surface area (Å²) in [7, 11) is 1.73. The molecule has 4 nitrogen and oxygen atoms in total. The average Bonchev–Trinajstić information content (AvgIpc) is 2.27. The molecule has 1 unspecified atom stereocenters. The van der Waals surface area contributed by atoms with Crippen molar-refractivity contribution >= 4 is 0 Å². The minimum Gasteiger partial charge on any atom is -0.385 e. The summed E-state index contributed by atoms with van der Waals surface area (Å²) in [5.41, 5.74) is 6.05. The van der Waals surface area contributed by atoms with Crippen LogP contribution < -0.4 is 5.73 Å². The summed E-state index contributed by atoms with van der Waals surface area (Å²) in [5, 5.41) is 0. The maximum Gasteiger partial charge on any atom is 0.0477 e. The molecule has 1 fully saturated rings. The highest BCUT2D eigenvalue weighted by Crippen LogP contribution is 2.06. The molecule has 96 valence electrons. The fourth-order valence-electron chi connectivity index (χ4n) is 2.15. The monoisotopic (exact) mass is 229 g/mol. The van der Waals surface area contributed by atoms with Crippen molar-refractivity contribution in [2.45, 2.75) is 32.4 Å². The maximum atomic E-state index is 6.05. The van der Waals surface area contributed by atoms with Crippen LogP contribution in [0.3, 0.4) is 0 Å². The van der Waals surface area contributed by atoms with Crippen molar-refractivity contribution in [3.63, 3.8) is 0 Å². The molecule has 0 spiro atoms. The maximum absolute atomic E-state index is 6.05. The van der Waals surface area contributed by atoms with Gasteiger partial charge in [-0.25, -0.2) is 0 Å². The first-order chi connectivity index (χ1) is 7.63. The quantitative estimate of drug-likeness (QED) is 0.715. The molecule has 1 aliphatic rings. The molecule has 4 heteroatoms. The van der Waals surface area contributed by atoms with Crippen LogP contribution in [0.1, 0.15) is 20.3 Å². The van der Waals surface area contributed by atoms with E-state index in [0.717, 1.165) is 32.7 Å². The van der Waals surface area contributed by atoms with Crippen LogP contribution in [-0.4, -0.2) is 68.3 Å². The summed E-state index contributed by atoms with van der Waals surface area (Å²) in [5.74, 6) is 0. The highest BCUT2D eigenvalue weighted by molar-refractivity contribution is 4.77. The number of nitrogens with zero attached hydrogens (tertiary/aromatic N) is 2. The van der Waals surface area contributed by atoms with Crippen molar-refractivity contribution in [1.29, 1.82) is 0 Å². The number of piperazine rings is 1. The zero-order valence-corrected chi connectivity index (χ0v) is 11.0. The van der Waals surface area contributed by atoms with Crippen molar-refractivity contribution in [2.75, 3.05) is 46.4 Å². The number of hydrogen-bond donors (Lipinski definition) is 1. The SMILES string of the molecule is COCCC(N)CN1CCN(C(C)C)CC1. The van der Waals surface area contributed by atoms with Crippen LogP contribution in [0.4, 0.5) is 0 Å². The number of hydrogen-bond acceptors (Lipinski definition) is 4. The number of nitrogens with two attached hydrogens (primary N) is 1. The Labute approximate surface area is 99.7 Å². The first kappa shape index (κ1) is 13.9. The Balaban J connectivity index is 2.16. The van der Waals surface area contributed by atoms with Gasteiger partial charge in [-0.05, 0) is 20.3 Å². The first-order valence-electron chi connectivity index (χ1n) is 6.34. The lowest BCUT2D eigenvalue weighted by molar-refractivity contribution is 0.0996. The van der Waals surface area contributed by atoms with E-state index in [0.29, 0.717) is 6.04 Å². The fourth-order valence-corrected chi connectivity index (χ4v) is 2.15. The van der Waals surface area contributed by atoms with E-state index in [1.807, 2.05) is 0 Å². The second kappa shape index (κ2) is 7.22. The van der Waals surface area contributed by atoms with Gasteiger partial charge in [-0.15, -0.1) is 0 Å². The van der Waals surface area contributed by atoms with Gasteiger partial charge in [0.1, 0.15) is 0 Å². The van der Waals surface area contributed by atoms with E-state index >= 15 is 0 Å². The van der Waals surface area contributed by atoms with Crippen molar-refractivity contribution in [3.05, 3.63) is 0 Å². The molecule has 1 aliphatic heterocycles. The van der Waals surface area contributed by atoms with E-state index in [1.165, 1.54) is 13.1 Å². The van der Waals surface area contributed by atoms with E-state index in [1.54, 1.807) is 7.11 Å². The zero-order valence-electron chi connectivity index (χ0n) is 11.0. The van der Waals surface area contributed by atoms with Gasteiger partial charge in [0.15, 0.2) is 0 Å². The van der Waals surface area contributed by atoms with Crippen LogP contribution in [0.2, 0.25) is 0 Å². The largest absolute Gasteiger partial charge is 0.385 e.